The molecule has 1 aromatic carbocycles. The molecule has 0 unspecified atom stereocenters. The van der Waals surface area contributed by atoms with Crippen LogP contribution in [0, 0.1) is 0 Å². The van der Waals surface area contributed by atoms with Gasteiger partial charge in [0.1, 0.15) is 6.10 Å². The summed E-state index contributed by atoms with van der Waals surface area (Å²) in [6.07, 6.45) is 0.481. The Hall–Kier alpha value is -2.00. The molecule has 2 amide bonds. The lowest BCUT2D eigenvalue weighted by Gasteiger charge is -2.44. The van der Waals surface area contributed by atoms with Crippen LogP contribution in [0.2, 0.25) is 0 Å². The molecule has 3 heterocycles. The number of amides is 2. The van der Waals surface area contributed by atoms with Crippen molar-refractivity contribution in [3.63, 3.8) is 0 Å². The highest BCUT2D eigenvalue weighted by atomic mass is 16.5. The van der Waals surface area contributed by atoms with Crippen LogP contribution in [0.5, 0.6) is 0 Å². The number of carbonyl (C=O) groups is 2. The van der Waals surface area contributed by atoms with Crippen molar-refractivity contribution < 1.29 is 28.9 Å². The number of fused-ring (bicyclic) bond motifs is 1. The largest absolute Gasteiger partial charge is 0.389 e. The molecule has 8 nitrogen and oxygen atoms in total. The van der Waals surface area contributed by atoms with Crippen LogP contribution in [0.1, 0.15) is 29.6 Å². The van der Waals surface area contributed by atoms with Crippen LogP contribution in [-0.2, 0) is 19.0 Å². The fraction of sp³-hybridized carbons (Fsp3) is 0.636. The monoisotopic (exact) mass is 418 g/mol. The molecule has 0 aromatic heterocycles. The van der Waals surface area contributed by atoms with Crippen molar-refractivity contribution in [2.75, 3.05) is 46.1 Å². The van der Waals surface area contributed by atoms with E-state index < -0.39 is 6.10 Å². The third-order valence-electron chi connectivity index (χ3n) is 6.03. The molecule has 3 saturated heterocycles. The molecule has 3 aliphatic heterocycles. The van der Waals surface area contributed by atoms with Crippen LogP contribution < -0.4 is 0 Å². The van der Waals surface area contributed by atoms with Gasteiger partial charge in [-0.05, 0) is 25.0 Å². The Labute approximate surface area is 176 Å². The van der Waals surface area contributed by atoms with Crippen molar-refractivity contribution in [3.05, 3.63) is 35.9 Å². The average molecular weight is 418 g/mol. The summed E-state index contributed by atoms with van der Waals surface area (Å²) in [6, 6.07) is 8.91. The van der Waals surface area contributed by atoms with Gasteiger partial charge >= 0.3 is 0 Å². The molecule has 4 rings (SSSR count). The molecule has 0 radical (unpaired) electrons. The Morgan fingerprint density at radius 3 is 2.57 bits per heavy atom. The Morgan fingerprint density at radius 2 is 1.80 bits per heavy atom. The van der Waals surface area contributed by atoms with E-state index in [2.05, 4.69) is 0 Å². The molecule has 8 heteroatoms. The summed E-state index contributed by atoms with van der Waals surface area (Å²) in [5.74, 6) is -0.0286. The topological polar surface area (TPSA) is 88.5 Å². The number of rotatable bonds is 3. The van der Waals surface area contributed by atoms with Crippen molar-refractivity contribution in [2.24, 2.45) is 0 Å². The fourth-order valence-corrected chi connectivity index (χ4v) is 4.46. The zero-order valence-corrected chi connectivity index (χ0v) is 17.2. The van der Waals surface area contributed by atoms with Crippen LogP contribution in [0.4, 0.5) is 0 Å². The van der Waals surface area contributed by atoms with Crippen LogP contribution in [0.25, 0.3) is 0 Å². The Morgan fingerprint density at radius 1 is 1.03 bits per heavy atom. The summed E-state index contributed by atoms with van der Waals surface area (Å²) in [7, 11) is 0. The van der Waals surface area contributed by atoms with Crippen molar-refractivity contribution in [2.45, 2.75) is 43.6 Å². The molecule has 3 fully saturated rings. The van der Waals surface area contributed by atoms with E-state index in [1.165, 1.54) is 0 Å². The highest BCUT2D eigenvalue weighted by Crippen LogP contribution is 2.29. The van der Waals surface area contributed by atoms with E-state index >= 15 is 0 Å². The summed E-state index contributed by atoms with van der Waals surface area (Å²) < 4.78 is 17.2. The minimum Gasteiger partial charge on any atom is -0.389 e. The van der Waals surface area contributed by atoms with Crippen molar-refractivity contribution in [1.29, 1.82) is 0 Å². The number of carbonyl (C=O) groups excluding carboxylic acids is 2. The van der Waals surface area contributed by atoms with E-state index in [9.17, 15) is 14.7 Å². The molecule has 0 bridgehead atoms. The van der Waals surface area contributed by atoms with Gasteiger partial charge in [-0.25, -0.2) is 0 Å². The molecule has 1 N–H and O–H groups in total. The van der Waals surface area contributed by atoms with Crippen LogP contribution in [0.15, 0.2) is 30.3 Å². The molecule has 3 aliphatic rings. The fourth-order valence-electron chi connectivity index (χ4n) is 4.46. The second-order valence-corrected chi connectivity index (χ2v) is 8.15. The first kappa shape index (κ1) is 21.2. The van der Waals surface area contributed by atoms with E-state index in [0.717, 1.165) is 0 Å². The quantitative estimate of drug-likeness (QED) is 0.777. The first-order valence-electron chi connectivity index (χ1n) is 10.7. The molecular weight excluding hydrogens is 388 g/mol. The lowest BCUT2D eigenvalue weighted by Crippen LogP contribution is -2.57. The molecule has 4 atom stereocenters. The molecule has 0 saturated carbocycles. The third-order valence-corrected chi connectivity index (χ3v) is 6.03. The SMILES string of the molecule is O=C(C[C@H]1CC[C@H]2[C@@H](COC[C@H](O)CN2C(=O)c2ccccc2)O1)N1CCOCC1. The van der Waals surface area contributed by atoms with Crippen molar-refractivity contribution >= 4 is 11.8 Å². The van der Waals surface area contributed by atoms with E-state index in [1.54, 1.807) is 17.0 Å². The summed E-state index contributed by atoms with van der Waals surface area (Å²) in [6.45, 7) is 3.06. The number of aliphatic hydroxyl groups is 1. The lowest BCUT2D eigenvalue weighted by atomic mass is 9.94. The first-order valence-corrected chi connectivity index (χ1v) is 10.7. The number of morpholine rings is 1. The van der Waals surface area contributed by atoms with Gasteiger partial charge in [0.05, 0.1) is 51.1 Å². The molecule has 1 aromatic rings. The van der Waals surface area contributed by atoms with Crippen molar-refractivity contribution in [1.82, 2.24) is 9.80 Å². The lowest BCUT2D eigenvalue weighted by molar-refractivity contribution is -0.156. The summed E-state index contributed by atoms with van der Waals surface area (Å²) in [5, 5.41) is 10.3. The summed E-state index contributed by atoms with van der Waals surface area (Å²) in [4.78, 5) is 29.3. The molecule has 164 valence electrons. The maximum atomic E-state index is 13.2. The van der Waals surface area contributed by atoms with E-state index in [0.29, 0.717) is 57.7 Å². The van der Waals surface area contributed by atoms with Gasteiger partial charge in [0.2, 0.25) is 5.91 Å². The predicted molar refractivity (Wildman–Crippen MR) is 108 cm³/mol. The predicted octanol–water partition coefficient (Wildman–Crippen LogP) is 0.685. The number of nitrogens with zero attached hydrogens (tertiary/aromatic N) is 2. The maximum Gasteiger partial charge on any atom is 0.254 e. The van der Waals surface area contributed by atoms with Gasteiger partial charge in [0, 0.05) is 25.2 Å². The number of ether oxygens (including phenoxy) is 3. The van der Waals surface area contributed by atoms with Crippen molar-refractivity contribution in [3.8, 4) is 0 Å². The third kappa shape index (κ3) is 5.00. The summed E-state index contributed by atoms with van der Waals surface area (Å²) in [5.41, 5.74) is 0.592. The van der Waals surface area contributed by atoms with Gasteiger partial charge in [0.15, 0.2) is 0 Å². The number of aliphatic hydroxyl groups excluding tert-OH is 1. The first-order chi connectivity index (χ1) is 14.6. The standard InChI is InChI=1S/C22H30N2O6/c25-17-13-24(22(27)16-4-2-1-3-5-16)19-7-6-18(30-20(19)15-29-14-17)12-21(26)23-8-10-28-11-9-23/h1-5,17-20,25H,6-15H2/t17-,18-,19+,20-/m1/s1. The van der Waals surface area contributed by atoms with E-state index in [4.69, 9.17) is 14.2 Å². The zero-order chi connectivity index (χ0) is 20.9. The smallest absolute Gasteiger partial charge is 0.254 e. The minimum absolute atomic E-state index is 0.0844. The maximum absolute atomic E-state index is 13.2. The Kier molecular flexibility index (Phi) is 6.99. The average Bonchev–Trinajstić information content (AvgIpc) is 2.77. The van der Waals surface area contributed by atoms with Gasteiger partial charge in [-0.1, -0.05) is 18.2 Å². The second-order valence-electron chi connectivity index (χ2n) is 8.15. The van der Waals surface area contributed by atoms with Gasteiger partial charge in [-0.3, -0.25) is 9.59 Å². The number of benzene rings is 1. The number of hydrogen-bond donors (Lipinski definition) is 1. The number of hydrogen-bond acceptors (Lipinski definition) is 6. The highest BCUT2D eigenvalue weighted by molar-refractivity contribution is 5.94. The van der Waals surface area contributed by atoms with Crippen LogP contribution >= 0.6 is 0 Å². The number of β-amino-alcohol motifs (C(OH)–C–C–N with tert-alkyl or cyclic N) is 1. The zero-order valence-electron chi connectivity index (χ0n) is 17.2. The van der Waals surface area contributed by atoms with Gasteiger partial charge in [-0.2, -0.15) is 0 Å². The normalized spacial score (nSPS) is 30.2. The van der Waals surface area contributed by atoms with Crippen LogP contribution in [0.3, 0.4) is 0 Å². The van der Waals surface area contributed by atoms with Gasteiger partial charge in [-0.15, -0.1) is 0 Å². The molecule has 0 spiro atoms. The highest BCUT2D eigenvalue weighted by Gasteiger charge is 2.40. The van der Waals surface area contributed by atoms with Gasteiger partial charge < -0.3 is 29.1 Å². The molecular formula is C22H30N2O6. The minimum atomic E-state index is -0.737. The Bertz CT molecular complexity index is 724. The summed E-state index contributed by atoms with van der Waals surface area (Å²) >= 11 is 0. The Balaban J connectivity index is 1.43. The molecule has 0 aliphatic carbocycles. The van der Waals surface area contributed by atoms with E-state index in [1.807, 2.05) is 23.1 Å². The van der Waals surface area contributed by atoms with E-state index in [-0.39, 0.29) is 43.2 Å². The molecule has 30 heavy (non-hydrogen) atoms. The van der Waals surface area contributed by atoms with Gasteiger partial charge in [0.25, 0.3) is 5.91 Å². The second kappa shape index (κ2) is 9.87. The van der Waals surface area contributed by atoms with Crippen LogP contribution in [-0.4, -0.2) is 97.1 Å².